The van der Waals surface area contributed by atoms with Crippen LogP contribution in [0.25, 0.3) is 0 Å². The van der Waals surface area contributed by atoms with E-state index in [1.165, 1.54) is 96.3 Å². The molecule has 0 aromatic rings. The van der Waals surface area contributed by atoms with E-state index in [9.17, 15) is 4.79 Å². The van der Waals surface area contributed by atoms with Crippen LogP contribution in [0.5, 0.6) is 0 Å². The summed E-state index contributed by atoms with van der Waals surface area (Å²) >= 11 is 0. The van der Waals surface area contributed by atoms with Gasteiger partial charge < -0.3 is 5.32 Å². The lowest BCUT2D eigenvalue weighted by molar-refractivity contribution is -0.959. The molecule has 1 N–H and O–H groups in total. The van der Waals surface area contributed by atoms with Crippen molar-refractivity contribution in [3.63, 3.8) is 0 Å². The van der Waals surface area contributed by atoms with Crippen molar-refractivity contribution >= 4 is 12.1 Å². The van der Waals surface area contributed by atoms with Crippen molar-refractivity contribution in [2.75, 3.05) is 13.1 Å². The van der Waals surface area contributed by atoms with Crippen LogP contribution in [0.3, 0.4) is 0 Å². The Kier molecular flexibility index (Phi) is 16.5. The molecule has 0 bridgehead atoms. The minimum absolute atomic E-state index is 0.0596. The molecule has 0 radical (unpaired) electrons. The number of amides is 1. The van der Waals surface area contributed by atoms with Crippen molar-refractivity contribution in [2.45, 2.75) is 143 Å². The largest absolute Gasteiger partial charge is 0.307 e. The van der Waals surface area contributed by atoms with E-state index in [0.29, 0.717) is 6.17 Å². The van der Waals surface area contributed by atoms with Gasteiger partial charge in [0.2, 0.25) is 5.91 Å². The van der Waals surface area contributed by atoms with Crippen molar-refractivity contribution in [2.24, 2.45) is 4.99 Å². The molecule has 1 heterocycles. The molecule has 3 unspecified atom stereocenters. The first-order valence-electron chi connectivity index (χ1n) is 13.9. The zero-order valence-electron chi connectivity index (χ0n) is 21.9. The Hall–Kier alpha value is -1.16. The fourth-order valence-corrected chi connectivity index (χ4v) is 5.12. The minimum Gasteiger partial charge on any atom is -0.307 e. The summed E-state index contributed by atoms with van der Waals surface area (Å²) in [4.78, 5) is 16.3. The fourth-order valence-electron chi connectivity index (χ4n) is 5.12. The van der Waals surface area contributed by atoms with Crippen LogP contribution >= 0.6 is 0 Å². The molecule has 3 atom stereocenters. The van der Waals surface area contributed by atoms with Crippen molar-refractivity contribution in [1.82, 2.24) is 5.32 Å². The minimum atomic E-state index is 0.0596. The number of hydrogen-bond donors (Lipinski definition) is 1. The first-order valence-corrected chi connectivity index (χ1v) is 13.9. The maximum atomic E-state index is 11.5. The average molecular weight is 449 g/mol. The third-order valence-corrected chi connectivity index (χ3v) is 7.27. The Labute approximate surface area is 199 Å². The summed E-state index contributed by atoms with van der Waals surface area (Å²) in [7, 11) is 0. The third kappa shape index (κ3) is 11.6. The summed E-state index contributed by atoms with van der Waals surface area (Å²) in [5.41, 5.74) is 0. The summed E-state index contributed by atoms with van der Waals surface area (Å²) in [5.74, 6) is 0.0596. The first kappa shape index (κ1) is 28.9. The van der Waals surface area contributed by atoms with Gasteiger partial charge in [-0.15, -0.1) is 0 Å². The first-order chi connectivity index (χ1) is 15.6. The number of allylic oxidation sites excluding steroid dienone is 2. The molecule has 0 aromatic carbocycles. The Morgan fingerprint density at radius 3 is 2.00 bits per heavy atom. The lowest BCUT2D eigenvalue weighted by Gasteiger charge is -2.42. The summed E-state index contributed by atoms with van der Waals surface area (Å²) in [5, 5.41) is 3.12. The van der Waals surface area contributed by atoms with Crippen LogP contribution in [0.2, 0.25) is 0 Å². The standard InChI is InChI=1S/C28H53N3O/c1-5-7-8-9-10-11-12-13-14-15-16-17-18-19-20-21-22-23-28-29-24-25-31(28,6-2)26(3)30-27(4)32/h8-9,24,26,28H,5-7,10-23,25H2,1-4H3/p+1/b9-8+. The Morgan fingerprint density at radius 1 is 0.938 bits per heavy atom. The molecule has 0 spiro atoms. The summed E-state index contributed by atoms with van der Waals surface area (Å²) in [6.45, 7) is 10.2. The smallest absolute Gasteiger partial charge is 0.221 e. The SMILES string of the molecule is CCC/C=C/CCCCCCCCCCCCCCC1N=CC[N+]1(CC)C(C)NC(C)=O. The van der Waals surface area contributed by atoms with Crippen LogP contribution in [-0.4, -0.2) is 42.0 Å². The van der Waals surface area contributed by atoms with Gasteiger partial charge in [-0.25, -0.2) is 4.99 Å². The van der Waals surface area contributed by atoms with Crippen LogP contribution in [0.1, 0.15) is 130 Å². The molecule has 1 rings (SSSR count). The maximum Gasteiger partial charge on any atom is 0.221 e. The molecule has 0 saturated carbocycles. The molecule has 1 amide bonds. The van der Waals surface area contributed by atoms with Gasteiger partial charge in [0.1, 0.15) is 6.54 Å². The van der Waals surface area contributed by atoms with E-state index >= 15 is 0 Å². The van der Waals surface area contributed by atoms with Crippen LogP contribution in [-0.2, 0) is 4.79 Å². The second-order valence-corrected chi connectivity index (χ2v) is 9.87. The number of aliphatic imine (C=N–C) groups is 1. The molecule has 0 aliphatic carbocycles. The summed E-state index contributed by atoms with van der Waals surface area (Å²) in [6, 6.07) is 0. The van der Waals surface area contributed by atoms with Gasteiger partial charge in [0.15, 0.2) is 12.3 Å². The second kappa shape index (κ2) is 18.3. The van der Waals surface area contributed by atoms with Gasteiger partial charge in [-0.1, -0.05) is 89.7 Å². The van der Waals surface area contributed by atoms with Crippen molar-refractivity contribution in [3.05, 3.63) is 12.2 Å². The normalized spacial score (nSPS) is 21.4. The topological polar surface area (TPSA) is 41.5 Å². The van der Waals surface area contributed by atoms with Gasteiger partial charge in [-0.3, -0.25) is 9.28 Å². The Balaban J connectivity index is 1.98. The highest BCUT2D eigenvalue weighted by Crippen LogP contribution is 2.27. The van der Waals surface area contributed by atoms with Crippen molar-refractivity contribution in [1.29, 1.82) is 0 Å². The highest BCUT2D eigenvalue weighted by Gasteiger charge is 2.42. The van der Waals surface area contributed by atoms with Crippen molar-refractivity contribution in [3.8, 4) is 0 Å². The molecule has 4 heteroatoms. The fraction of sp³-hybridized carbons (Fsp3) is 0.857. The van der Waals surface area contributed by atoms with Gasteiger partial charge >= 0.3 is 0 Å². The molecule has 32 heavy (non-hydrogen) atoms. The average Bonchev–Trinajstić information content (AvgIpc) is 3.19. The molecular weight excluding hydrogens is 394 g/mol. The van der Waals surface area contributed by atoms with E-state index in [4.69, 9.17) is 4.99 Å². The highest BCUT2D eigenvalue weighted by molar-refractivity contribution is 5.73. The number of quaternary nitrogens is 1. The van der Waals surface area contributed by atoms with Crippen LogP contribution in [0.4, 0.5) is 0 Å². The highest BCUT2D eigenvalue weighted by atomic mass is 16.1. The van der Waals surface area contributed by atoms with Gasteiger partial charge in [0.05, 0.1) is 12.8 Å². The van der Waals surface area contributed by atoms with E-state index in [-0.39, 0.29) is 12.1 Å². The summed E-state index contributed by atoms with van der Waals surface area (Å²) < 4.78 is 0.884. The van der Waals surface area contributed by atoms with E-state index in [1.54, 1.807) is 6.92 Å². The van der Waals surface area contributed by atoms with Gasteiger partial charge in [-0.05, 0) is 32.6 Å². The number of nitrogens with one attached hydrogen (secondary N) is 1. The monoisotopic (exact) mass is 448 g/mol. The maximum absolute atomic E-state index is 11.5. The van der Waals surface area contributed by atoms with Crippen LogP contribution in [0.15, 0.2) is 17.1 Å². The lowest BCUT2D eigenvalue weighted by atomic mass is 10.0. The van der Waals surface area contributed by atoms with Gasteiger partial charge in [0, 0.05) is 20.3 Å². The molecule has 0 saturated heterocycles. The number of nitrogens with zero attached hydrogens (tertiary/aromatic N) is 2. The molecule has 0 fully saturated rings. The van der Waals surface area contributed by atoms with Gasteiger partial charge in [-0.2, -0.15) is 0 Å². The zero-order chi connectivity index (χ0) is 23.5. The molecule has 1 aliphatic rings. The zero-order valence-corrected chi connectivity index (χ0v) is 21.9. The quantitative estimate of drug-likeness (QED) is 0.117. The van der Waals surface area contributed by atoms with Crippen LogP contribution < -0.4 is 5.32 Å². The molecule has 1 aliphatic heterocycles. The molecule has 186 valence electrons. The Morgan fingerprint density at radius 2 is 1.47 bits per heavy atom. The van der Waals surface area contributed by atoms with Crippen LogP contribution in [0, 0.1) is 0 Å². The molecular formula is C28H54N3O+. The second-order valence-electron chi connectivity index (χ2n) is 9.87. The predicted molar refractivity (Wildman–Crippen MR) is 140 cm³/mol. The number of unbranched alkanes of at least 4 members (excludes halogenated alkanes) is 13. The van der Waals surface area contributed by atoms with Gasteiger partial charge in [0.25, 0.3) is 0 Å². The number of carbonyl (C=O) groups excluding carboxylic acids is 1. The lowest BCUT2D eigenvalue weighted by Crippen LogP contribution is -2.63. The Bertz CT molecular complexity index is 531. The summed E-state index contributed by atoms with van der Waals surface area (Å²) in [6.07, 6.45) is 28.8. The predicted octanol–water partition coefficient (Wildman–Crippen LogP) is 7.53. The molecule has 0 aromatic heterocycles. The van der Waals surface area contributed by atoms with E-state index < -0.39 is 0 Å². The van der Waals surface area contributed by atoms with Crippen molar-refractivity contribution < 1.29 is 9.28 Å². The van der Waals surface area contributed by atoms with E-state index in [0.717, 1.165) is 24.0 Å². The van der Waals surface area contributed by atoms with E-state index in [1.807, 2.05) is 0 Å². The van der Waals surface area contributed by atoms with E-state index in [2.05, 4.69) is 44.5 Å². The number of rotatable bonds is 20. The number of hydrogen-bond acceptors (Lipinski definition) is 2. The third-order valence-electron chi connectivity index (χ3n) is 7.27. The number of carbonyl (C=O) groups is 1. The molecule has 4 nitrogen and oxygen atoms in total.